The molecule has 0 saturated heterocycles. The van der Waals surface area contributed by atoms with E-state index in [0.717, 1.165) is 5.56 Å². The van der Waals surface area contributed by atoms with Crippen molar-refractivity contribution >= 4 is 17.6 Å². The van der Waals surface area contributed by atoms with Gasteiger partial charge in [-0.3, -0.25) is 14.9 Å². The first kappa shape index (κ1) is 19.1. The molecule has 0 aromatic heterocycles. The summed E-state index contributed by atoms with van der Waals surface area (Å²) in [5.74, 6) is -1.38. The van der Waals surface area contributed by atoms with Crippen LogP contribution in [0.1, 0.15) is 51.6 Å². The predicted molar refractivity (Wildman–Crippen MR) is 96.4 cm³/mol. The van der Waals surface area contributed by atoms with Gasteiger partial charge in [-0.25, -0.2) is 4.79 Å². The van der Waals surface area contributed by atoms with Crippen LogP contribution in [0.5, 0.6) is 0 Å². The lowest BCUT2D eigenvalue weighted by molar-refractivity contribution is -0.385. The maximum absolute atomic E-state index is 12.6. The molecule has 26 heavy (non-hydrogen) atoms. The van der Waals surface area contributed by atoms with Crippen molar-refractivity contribution in [1.82, 2.24) is 4.90 Å². The molecule has 0 heterocycles. The van der Waals surface area contributed by atoms with Gasteiger partial charge < -0.3 is 10.0 Å². The van der Waals surface area contributed by atoms with E-state index < -0.39 is 10.9 Å². The lowest BCUT2D eigenvalue weighted by atomic mass is 9.99. The molecule has 0 aliphatic rings. The number of rotatable bonds is 6. The lowest BCUT2D eigenvalue weighted by Crippen LogP contribution is -2.26. The van der Waals surface area contributed by atoms with Crippen LogP contribution in [0.4, 0.5) is 5.69 Å². The molecule has 2 aromatic rings. The van der Waals surface area contributed by atoms with Gasteiger partial charge in [0.25, 0.3) is 11.6 Å². The van der Waals surface area contributed by atoms with Gasteiger partial charge in [0.2, 0.25) is 0 Å². The normalized spacial score (nSPS) is 10.6. The fourth-order valence-electron chi connectivity index (χ4n) is 2.64. The Hall–Kier alpha value is -3.22. The highest BCUT2D eigenvalue weighted by atomic mass is 16.6. The molecule has 0 aliphatic carbocycles. The Bertz CT molecular complexity index is 844. The van der Waals surface area contributed by atoms with Crippen molar-refractivity contribution in [3.8, 4) is 0 Å². The van der Waals surface area contributed by atoms with Crippen molar-refractivity contribution in [3.05, 3.63) is 74.8 Å². The molecule has 0 saturated carbocycles. The Morgan fingerprint density at radius 1 is 1.12 bits per heavy atom. The van der Waals surface area contributed by atoms with Crippen LogP contribution >= 0.6 is 0 Å². The molecule has 0 radical (unpaired) electrons. The molecule has 0 unspecified atom stereocenters. The molecule has 0 aliphatic heterocycles. The summed E-state index contributed by atoms with van der Waals surface area (Å²) in [4.78, 5) is 35.7. The molecular weight excluding hydrogens is 336 g/mol. The second-order valence-corrected chi connectivity index (χ2v) is 6.35. The first-order valence-electron chi connectivity index (χ1n) is 8.06. The van der Waals surface area contributed by atoms with E-state index >= 15 is 0 Å². The van der Waals surface area contributed by atoms with E-state index in [1.54, 1.807) is 31.3 Å². The second kappa shape index (κ2) is 7.77. The number of carboxylic acid groups (broad SMARTS) is 1. The Labute approximate surface area is 151 Å². The summed E-state index contributed by atoms with van der Waals surface area (Å²) in [7, 11) is 1.59. The third kappa shape index (κ3) is 4.24. The van der Waals surface area contributed by atoms with E-state index in [1.165, 1.54) is 23.1 Å². The van der Waals surface area contributed by atoms with Gasteiger partial charge in [0.15, 0.2) is 0 Å². The van der Waals surface area contributed by atoms with Crippen LogP contribution in [0, 0.1) is 10.1 Å². The first-order valence-corrected chi connectivity index (χ1v) is 8.06. The summed E-state index contributed by atoms with van der Waals surface area (Å²) in [6, 6.07) is 10.7. The smallest absolute Gasteiger partial charge is 0.335 e. The van der Waals surface area contributed by atoms with Crippen LogP contribution in [0.25, 0.3) is 0 Å². The number of carbonyl (C=O) groups excluding carboxylic acids is 1. The molecule has 0 fully saturated rings. The van der Waals surface area contributed by atoms with E-state index in [4.69, 9.17) is 5.11 Å². The molecule has 2 rings (SSSR count). The Kier molecular flexibility index (Phi) is 5.71. The fraction of sp³-hybridized carbons (Fsp3) is 0.263. The van der Waals surface area contributed by atoms with Gasteiger partial charge in [0.05, 0.1) is 10.5 Å². The summed E-state index contributed by atoms with van der Waals surface area (Å²) in [6.45, 7) is 3.98. The second-order valence-electron chi connectivity index (χ2n) is 6.35. The lowest BCUT2D eigenvalue weighted by Gasteiger charge is -2.18. The standard InChI is InChI=1S/C19H20N2O5/c1-12(2)16-9-8-15(10-17(16)21(25)26)18(22)20(3)11-13-4-6-14(7-5-13)19(23)24/h4-10,12H,11H2,1-3H3,(H,23,24). The number of hydrogen-bond acceptors (Lipinski definition) is 4. The molecule has 0 bridgehead atoms. The highest BCUT2D eigenvalue weighted by Crippen LogP contribution is 2.27. The van der Waals surface area contributed by atoms with Crippen LogP contribution in [0.15, 0.2) is 42.5 Å². The highest BCUT2D eigenvalue weighted by Gasteiger charge is 2.21. The highest BCUT2D eigenvalue weighted by molar-refractivity contribution is 5.95. The quantitative estimate of drug-likeness (QED) is 0.628. The SMILES string of the molecule is CC(C)c1ccc(C(=O)N(C)Cc2ccc(C(=O)O)cc2)cc1[N+](=O)[O-]. The summed E-state index contributed by atoms with van der Waals surface area (Å²) in [5.41, 5.74) is 1.69. The molecule has 7 heteroatoms. The van der Waals surface area contributed by atoms with Crippen molar-refractivity contribution in [1.29, 1.82) is 0 Å². The average molecular weight is 356 g/mol. The minimum atomic E-state index is -1.02. The minimum absolute atomic E-state index is 0.0231. The summed E-state index contributed by atoms with van der Waals surface area (Å²) in [5, 5.41) is 20.2. The van der Waals surface area contributed by atoms with Gasteiger partial charge in [0.1, 0.15) is 0 Å². The number of amides is 1. The van der Waals surface area contributed by atoms with E-state index in [-0.39, 0.29) is 35.2 Å². The number of nitrogens with zero attached hydrogens (tertiary/aromatic N) is 2. The zero-order valence-electron chi connectivity index (χ0n) is 14.8. The third-order valence-corrected chi connectivity index (χ3v) is 4.06. The number of aromatic carboxylic acids is 1. The van der Waals surface area contributed by atoms with Crippen molar-refractivity contribution in [2.45, 2.75) is 26.3 Å². The number of nitro benzene ring substituents is 1. The van der Waals surface area contributed by atoms with Gasteiger partial charge in [-0.15, -0.1) is 0 Å². The van der Waals surface area contributed by atoms with Crippen LogP contribution in [0.2, 0.25) is 0 Å². The summed E-state index contributed by atoms with van der Waals surface area (Å²) >= 11 is 0. The number of hydrogen-bond donors (Lipinski definition) is 1. The van der Waals surface area contributed by atoms with Crippen LogP contribution in [-0.4, -0.2) is 33.9 Å². The number of nitro groups is 1. The van der Waals surface area contributed by atoms with Gasteiger partial charge in [-0.2, -0.15) is 0 Å². The summed E-state index contributed by atoms with van der Waals surface area (Å²) < 4.78 is 0. The molecule has 1 amide bonds. The zero-order valence-corrected chi connectivity index (χ0v) is 14.8. The van der Waals surface area contributed by atoms with Gasteiger partial charge in [0, 0.05) is 30.8 Å². The number of carbonyl (C=O) groups is 2. The maximum Gasteiger partial charge on any atom is 0.335 e. The molecule has 0 spiro atoms. The molecular formula is C19H20N2O5. The third-order valence-electron chi connectivity index (χ3n) is 4.06. The maximum atomic E-state index is 12.6. The Morgan fingerprint density at radius 3 is 2.19 bits per heavy atom. The Balaban J connectivity index is 2.21. The average Bonchev–Trinajstić information content (AvgIpc) is 2.60. The largest absolute Gasteiger partial charge is 0.478 e. The van der Waals surface area contributed by atoms with Crippen molar-refractivity contribution in [2.24, 2.45) is 0 Å². The summed E-state index contributed by atoms with van der Waals surface area (Å²) in [6.07, 6.45) is 0. The Morgan fingerprint density at radius 2 is 1.69 bits per heavy atom. The number of benzene rings is 2. The molecule has 136 valence electrons. The van der Waals surface area contributed by atoms with Crippen molar-refractivity contribution in [2.75, 3.05) is 7.05 Å². The van der Waals surface area contributed by atoms with E-state index in [2.05, 4.69) is 0 Å². The monoisotopic (exact) mass is 356 g/mol. The van der Waals surface area contributed by atoms with Gasteiger partial charge >= 0.3 is 5.97 Å². The van der Waals surface area contributed by atoms with Gasteiger partial charge in [-0.1, -0.05) is 32.0 Å². The predicted octanol–water partition coefficient (Wildman–Crippen LogP) is 3.69. The molecule has 1 N–H and O–H groups in total. The first-order chi connectivity index (χ1) is 12.2. The fourth-order valence-corrected chi connectivity index (χ4v) is 2.64. The number of carboxylic acids is 1. The minimum Gasteiger partial charge on any atom is -0.478 e. The zero-order chi connectivity index (χ0) is 19.4. The molecule has 2 aromatic carbocycles. The van der Waals surface area contributed by atoms with Gasteiger partial charge in [-0.05, 0) is 29.7 Å². The topological polar surface area (TPSA) is 101 Å². The van der Waals surface area contributed by atoms with Crippen LogP contribution in [0.3, 0.4) is 0 Å². The molecule has 0 atom stereocenters. The molecule has 7 nitrogen and oxygen atoms in total. The van der Waals surface area contributed by atoms with Crippen LogP contribution in [-0.2, 0) is 6.54 Å². The van der Waals surface area contributed by atoms with Crippen molar-refractivity contribution in [3.63, 3.8) is 0 Å². The van der Waals surface area contributed by atoms with Crippen LogP contribution < -0.4 is 0 Å². The van der Waals surface area contributed by atoms with E-state index in [1.807, 2.05) is 13.8 Å². The van der Waals surface area contributed by atoms with E-state index in [0.29, 0.717) is 5.56 Å². The van der Waals surface area contributed by atoms with E-state index in [9.17, 15) is 19.7 Å². The van der Waals surface area contributed by atoms with Crippen molar-refractivity contribution < 1.29 is 19.6 Å².